The maximum Gasteiger partial charge on any atom is 0.452 e. The van der Waals surface area contributed by atoms with Gasteiger partial charge >= 0.3 is 12.2 Å². The topological polar surface area (TPSA) is 77.3 Å². The number of azo groups is 1. The van der Waals surface area contributed by atoms with Crippen molar-refractivity contribution in [3.8, 4) is 0 Å². The third-order valence-corrected chi connectivity index (χ3v) is 2.81. The SMILES string of the molecule is CCCOC(=O)/N=N/C(=O)O[SiH2]CCC. The van der Waals surface area contributed by atoms with Crippen LogP contribution in [-0.4, -0.2) is 28.6 Å². The van der Waals surface area contributed by atoms with Crippen LogP contribution in [-0.2, 0) is 9.16 Å². The van der Waals surface area contributed by atoms with Gasteiger partial charge in [-0.25, -0.2) is 9.59 Å². The van der Waals surface area contributed by atoms with E-state index in [-0.39, 0.29) is 6.61 Å². The lowest BCUT2D eigenvalue weighted by Crippen LogP contribution is -2.04. The third kappa shape index (κ3) is 9.07. The molecule has 2 amide bonds. The summed E-state index contributed by atoms with van der Waals surface area (Å²) in [6.45, 7) is 4.14. The molecule has 7 heteroatoms. The second-order valence-corrected chi connectivity index (χ2v) is 4.19. The first-order valence-electron chi connectivity index (χ1n) is 4.96. The van der Waals surface area contributed by atoms with Crippen molar-refractivity contribution in [1.29, 1.82) is 0 Å². The van der Waals surface area contributed by atoms with Crippen molar-refractivity contribution in [3.63, 3.8) is 0 Å². The van der Waals surface area contributed by atoms with Gasteiger partial charge in [0.25, 0.3) is 0 Å². The fourth-order valence-electron chi connectivity index (χ4n) is 0.633. The molecular formula is C8H16N2O4Si. The van der Waals surface area contributed by atoms with Gasteiger partial charge in [0.2, 0.25) is 9.76 Å². The molecule has 0 spiro atoms. The number of rotatable bonds is 5. The molecule has 86 valence electrons. The second kappa shape index (κ2) is 9.32. The van der Waals surface area contributed by atoms with Gasteiger partial charge in [-0.3, -0.25) is 0 Å². The number of nitrogens with zero attached hydrogens (tertiary/aromatic N) is 2. The van der Waals surface area contributed by atoms with Crippen LogP contribution in [0.15, 0.2) is 10.2 Å². The van der Waals surface area contributed by atoms with Crippen LogP contribution in [0.1, 0.15) is 26.7 Å². The van der Waals surface area contributed by atoms with Crippen LogP contribution >= 0.6 is 0 Å². The average Bonchev–Trinajstić information content (AvgIpc) is 2.24. The molecule has 0 heterocycles. The molecule has 0 bridgehead atoms. The Morgan fingerprint density at radius 1 is 1.13 bits per heavy atom. The molecule has 0 fully saturated rings. The highest BCUT2D eigenvalue weighted by Crippen LogP contribution is 1.93. The highest BCUT2D eigenvalue weighted by molar-refractivity contribution is 6.30. The second-order valence-electron chi connectivity index (χ2n) is 2.78. The van der Waals surface area contributed by atoms with Crippen LogP contribution < -0.4 is 0 Å². The minimum atomic E-state index is -0.856. The van der Waals surface area contributed by atoms with Crippen LogP contribution in [0.5, 0.6) is 0 Å². The zero-order valence-corrected chi connectivity index (χ0v) is 10.5. The van der Waals surface area contributed by atoms with Gasteiger partial charge in [-0.2, -0.15) is 0 Å². The Bertz CT molecular complexity index is 233. The zero-order chi connectivity index (χ0) is 11.5. The van der Waals surface area contributed by atoms with Crippen LogP contribution in [0.2, 0.25) is 6.04 Å². The largest absolute Gasteiger partial charge is 0.507 e. The standard InChI is InChI=1S/C8H16N2O4Si/c1-3-5-13-7(11)9-10-8(12)14-15-6-4-2/h3-6,15H2,1-2H3/b10-9+. The van der Waals surface area contributed by atoms with Gasteiger partial charge in [-0.05, 0) is 12.5 Å². The van der Waals surface area contributed by atoms with E-state index in [0.717, 1.165) is 12.5 Å². The highest BCUT2D eigenvalue weighted by Gasteiger charge is 2.02. The normalized spacial score (nSPS) is 11.1. The number of amides is 2. The molecule has 0 radical (unpaired) electrons. The smallest absolute Gasteiger partial charge is 0.452 e. The summed E-state index contributed by atoms with van der Waals surface area (Å²) in [5, 5.41) is 6.12. The Morgan fingerprint density at radius 2 is 1.80 bits per heavy atom. The number of carbonyl (C=O) groups excluding carboxylic acids is 2. The van der Waals surface area contributed by atoms with E-state index in [1.165, 1.54) is 0 Å². The van der Waals surface area contributed by atoms with Crippen molar-refractivity contribution in [1.82, 2.24) is 0 Å². The fourth-order valence-corrected chi connectivity index (χ4v) is 1.30. The van der Waals surface area contributed by atoms with E-state index in [1.807, 2.05) is 13.8 Å². The average molecular weight is 232 g/mol. The third-order valence-electron chi connectivity index (χ3n) is 1.37. The summed E-state index contributed by atoms with van der Waals surface area (Å²) in [6.07, 6.45) is 0.0270. The van der Waals surface area contributed by atoms with Crippen molar-refractivity contribution in [3.05, 3.63) is 0 Å². The maximum atomic E-state index is 10.8. The lowest BCUT2D eigenvalue weighted by Gasteiger charge is -1.97. The first-order valence-corrected chi connectivity index (χ1v) is 6.53. The first kappa shape index (κ1) is 13.8. The van der Waals surface area contributed by atoms with Crippen molar-refractivity contribution >= 4 is 21.9 Å². The summed E-state index contributed by atoms with van der Waals surface area (Å²) in [6, 6.07) is 0.904. The zero-order valence-electron chi connectivity index (χ0n) is 9.06. The molecule has 0 aliphatic rings. The summed E-state index contributed by atoms with van der Waals surface area (Å²) in [5.74, 6) is 0. The van der Waals surface area contributed by atoms with E-state index in [0.29, 0.717) is 6.42 Å². The molecule has 15 heavy (non-hydrogen) atoms. The van der Waals surface area contributed by atoms with Gasteiger partial charge in [-0.1, -0.05) is 30.5 Å². The van der Waals surface area contributed by atoms with Crippen molar-refractivity contribution in [2.75, 3.05) is 6.61 Å². The lowest BCUT2D eigenvalue weighted by atomic mass is 10.5. The van der Waals surface area contributed by atoms with Gasteiger partial charge in [0.15, 0.2) is 0 Å². The molecule has 0 aliphatic carbocycles. The van der Waals surface area contributed by atoms with Crippen LogP contribution in [0.25, 0.3) is 0 Å². The van der Waals surface area contributed by atoms with Crippen molar-refractivity contribution < 1.29 is 18.8 Å². The summed E-state index contributed by atoms with van der Waals surface area (Å²) >= 11 is 0. The lowest BCUT2D eigenvalue weighted by molar-refractivity contribution is 0.154. The molecular weight excluding hydrogens is 216 g/mol. The van der Waals surface area contributed by atoms with Crippen molar-refractivity contribution in [2.45, 2.75) is 32.7 Å². The Balaban J connectivity index is 3.65. The molecule has 0 aliphatic heterocycles. The van der Waals surface area contributed by atoms with Gasteiger partial charge in [-0.15, -0.1) is 0 Å². The highest BCUT2D eigenvalue weighted by atomic mass is 28.2. The Kier molecular flexibility index (Phi) is 8.55. The molecule has 0 aromatic rings. The van der Waals surface area contributed by atoms with Gasteiger partial charge in [0.1, 0.15) is 0 Å². The van der Waals surface area contributed by atoms with E-state index in [9.17, 15) is 9.59 Å². The number of hydrogen-bond acceptors (Lipinski definition) is 4. The Labute approximate surface area is 91.0 Å². The molecule has 0 saturated heterocycles. The Morgan fingerprint density at radius 3 is 2.40 bits per heavy atom. The van der Waals surface area contributed by atoms with E-state index >= 15 is 0 Å². The monoisotopic (exact) mass is 232 g/mol. The van der Waals surface area contributed by atoms with Gasteiger partial charge in [0.05, 0.1) is 6.61 Å². The molecule has 0 N–H and O–H groups in total. The molecule has 0 aromatic heterocycles. The van der Waals surface area contributed by atoms with Crippen molar-refractivity contribution in [2.24, 2.45) is 10.2 Å². The molecule has 0 unspecified atom stereocenters. The molecule has 6 nitrogen and oxygen atoms in total. The van der Waals surface area contributed by atoms with Crippen LogP contribution in [0, 0.1) is 0 Å². The fraction of sp³-hybridized carbons (Fsp3) is 0.750. The molecule has 0 saturated carbocycles. The minimum absolute atomic E-state index is 0.275. The summed E-state index contributed by atoms with van der Waals surface area (Å²) in [4.78, 5) is 21.6. The predicted molar refractivity (Wildman–Crippen MR) is 56.6 cm³/mol. The van der Waals surface area contributed by atoms with E-state index < -0.39 is 21.9 Å². The Hall–Kier alpha value is -1.24. The van der Waals surface area contributed by atoms with E-state index in [1.54, 1.807) is 0 Å². The summed E-state index contributed by atoms with van der Waals surface area (Å²) < 4.78 is 9.34. The van der Waals surface area contributed by atoms with Gasteiger partial charge < -0.3 is 9.16 Å². The number of carbonyl (C=O) groups is 2. The predicted octanol–water partition coefficient (Wildman–Crippen LogP) is 2.03. The number of ether oxygens (including phenoxy) is 1. The maximum absolute atomic E-state index is 10.8. The summed E-state index contributed by atoms with van der Waals surface area (Å²) in [7, 11) is -0.852. The molecule has 0 rings (SSSR count). The van der Waals surface area contributed by atoms with Crippen LogP contribution in [0.4, 0.5) is 9.59 Å². The van der Waals surface area contributed by atoms with E-state index in [2.05, 4.69) is 15.0 Å². The minimum Gasteiger partial charge on any atom is -0.507 e. The number of hydrogen-bond donors (Lipinski definition) is 0. The molecule has 0 aromatic carbocycles. The first-order chi connectivity index (χ1) is 7.20. The quantitative estimate of drug-likeness (QED) is 0.413. The summed E-state index contributed by atoms with van der Waals surface area (Å²) in [5.41, 5.74) is 0. The van der Waals surface area contributed by atoms with Crippen LogP contribution in [0.3, 0.4) is 0 Å². The molecule has 0 atom stereocenters. The van der Waals surface area contributed by atoms with Gasteiger partial charge in [0, 0.05) is 0 Å². The van der Waals surface area contributed by atoms with E-state index in [4.69, 9.17) is 4.43 Å².